The summed E-state index contributed by atoms with van der Waals surface area (Å²) in [4.78, 5) is 0. The van der Waals surface area contributed by atoms with Gasteiger partial charge in [0.1, 0.15) is 5.75 Å². The zero-order chi connectivity index (χ0) is 9.80. The third-order valence-electron chi connectivity index (χ3n) is 2.19. The van der Waals surface area contributed by atoms with Crippen LogP contribution >= 0.6 is 0 Å². The molecule has 88 valence electrons. The van der Waals surface area contributed by atoms with Gasteiger partial charge in [-0.15, -0.1) is 0 Å². The molecular formula is C14H21NO. The standard InChI is InChI=1S/C13H14O.CH4.H3N/c1-2-9-14-13-8-7-11-5-3-4-6-12(11)10-13;;/h3-8,10H,2,9H2,1H3;1H4;1H3. The van der Waals surface area contributed by atoms with Gasteiger partial charge in [0.25, 0.3) is 0 Å². The molecule has 0 aliphatic carbocycles. The Morgan fingerprint density at radius 2 is 1.69 bits per heavy atom. The maximum absolute atomic E-state index is 5.56. The van der Waals surface area contributed by atoms with E-state index in [0.717, 1.165) is 18.8 Å². The van der Waals surface area contributed by atoms with Crippen LogP contribution in [0.3, 0.4) is 0 Å². The first-order chi connectivity index (χ1) is 6.90. The minimum absolute atomic E-state index is 0. The van der Waals surface area contributed by atoms with Crippen molar-refractivity contribution in [2.45, 2.75) is 20.8 Å². The summed E-state index contributed by atoms with van der Waals surface area (Å²) >= 11 is 0. The summed E-state index contributed by atoms with van der Waals surface area (Å²) in [7, 11) is 0. The van der Waals surface area contributed by atoms with E-state index in [2.05, 4.69) is 37.3 Å². The summed E-state index contributed by atoms with van der Waals surface area (Å²) in [6.45, 7) is 2.90. The molecule has 0 atom stereocenters. The first kappa shape index (κ1) is 14.5. The highest BCUT2D eigenvalue weighted by Gasteiger charge is 1.95. The van der Waals surface area contributed by atoms with E-state index >= 15 is 0 Å². The molecule has 2 nitrogen and oxygen atoms in total. The normalized spacial score (nSPS) is 9.06. The van der Waals surface area contributed by atoms with Crippen molar-refractivity contribution < 1.29 is 4.74 Å². The molecule has 0 bridgehead atoms. The summed E-state index contributed by atoms with van der Waals surface area (Å²) in [5, 5.41) is 2.50. The third kappa shape index (κ3) is 3.24. The van der Waals surface area contributed by atoms with Crippen LogP contribution in [-0.2, 0) is 0 Å². The van der Waals surface area contributed by atoms with Crippen LogP contribution in [0, 0.1) is 0 Å². The second kappa shape index (κ2) is 6.85. The molecule has 16 heavy (non-hydrogen) atoms. The summed E-state index contributed by atoms with van der Waals surface area (Å²) in [6, 6.07) is 14.5. The number of ether oxygens (including phenoxy) is 1. The molecule has 0 spiro atoms. The van der Waals surface area contributed by atoms with Gasteiger partial charge in [0.2, 0.25) is 0 Å². The molecule has 0 aromatic heterocycles. The lowest BCUT2D eigenvalue weighted by Crippen LogP contribution is -1.94. The lowest BCUT2D eigenvalue weighted by atomic mass is 10.1. The second-order valence-corrected chi connectivity index (χ2v) is 3.36. The predicted molar refractivity (Wildman–Crippen MR) is 71.5 cm³/mol. The van der Waals surface area contributed by atoms with Crippen LogP contribution in [0.25, 0.3) is 10.8 Å². The molecule has 0 saturated heterocycles. The first-order valence-electron chi connectivity index (χ1n) is 5.02. The Kier molecular flexibility index (Phi) is 6.19. The van der Waals surface area contributed by atoms with Crippen molar-refractivity contribution in [1.82, 2.24) is 6.15 Å². The van der Waals surface area contributed by atoms with Crippen molar-refractivity contribution in [2.75, 3.05) is 6.61 Å². The molecule has 2 aromatic rings. The van der Waals surface area contributed by atoms with Gasteiger partial charge < -0.3 is 10.9 Å². The number of hydrogen-bond acceptors (Lipinski definition) is 2. The van der Waals surface area contributed by atoms with Crippen LogP contribution in [0.4, 0.5) is 0 Å². The van der Waals surface area contributed by atoms with E-state index in [9.17, 15) is 0 Å². The van der Waals surface area contributed by atoms with Crippen molar-refractivity contribution in [3.05, 3.63) is 42.5 Å². The average molecular weight is 219 g/mol. The Morgan fingerprint density at radius 3 is 2.38 bits per heavy atom. The van der Waals surface area contributed by atoms with Gasteiger partial charge in [-0.05, 0) is 29.3 Å². The fourth-order valence-electron chi connectivity index (χ4n) is 1.48. The van der Waals surface area contributed by atoms with E-state index < -0.39 is 0 Å². The molecular weight excluding hydrogens is 198 g/mol. The molecule has 0 aliphatic rings. The van der Waals surface area contributed by atoms with Gasteiger partial charge in [0, 0.05) is 0 Å². The van der Waals surface area contributed by atoms with E-state index in [4.69, 9.17) is 4.74 Å². The smallest absolute Gasteiger partial charge is 0.119 e. The van der Waals surface area contributed by atoms with Gasteiger partial charge in [0.15, 0.2) is 0 Å². The maximum atomic E-state index is 5.56. The van der Waals surface area contributed by atoms with Crippen molar-refractivity contribution in [3.63, 3.8) is 0 Å². The van der Waals surface area contributed by atoms with Crippen LogP contribution in [0.5, 0.6) is 5.75 Å². The Morgan fingerprint density at radius 1 is 1.00 bits per heavy atom. The van der Waals surface area contributed by atoms with E-state index in [1.165, 1.54) is 10.8 Å². The monoisotopic (exact) mass is 219 g/mol. The van der Waals surface area contributed by atoms with Gasteiger partial charge in [-0.25, -0.2) is 0 Å². The molecule has 2 aromatic carbocycles. The maximum Gasteiger partial charge on any atom is 0.119 e. The van der Waals surface area contributed by atoms with E-state index in [0.29, 0.717) is 0 Å². The zero-order valence-electron chi connectivity index (χ0n) is 9.07. The molecule has 2 rings (SSSR count). The minimum Gasteiger partial charge on any atom is -0.494 e. The molecule has 0 aliphatic heterocycles. The molecule has 3 N–H and O–H groups in total. The van der Waals surface area contributed by atoms with Crippen molar-refractivity contribution in [2.24, 2.45) is 0 Å². The van der Waals surface area contributed by atoms with Gasteiger partial charge in [-0.2, -0.15) is 0 Å². The summed E-state index contributed by atoms with van der Waals surface area (Å²) in [5.74, 6) is 0.963. The molecule has 0 heterocycles. The molecule has 0 unspecified atom stereocenters. The van der Waals surface area contributed by atoms with Gasteiger partial charge >= 0.3 is 0 Å². The van der Waals surface area contributed by atoms with Crippen LogP contribution in [0.1, 0.15) is 20.8 Å². The van der Waals surface area contributed by atoms with Crippen LogP contribution in [-0.4, -0.2) is 6.61 Å². The van der Waals surface area contributed by atoms with Crippen molar-refractivity contribution >= 4 is 10.8 Å². The highest BCUT2D eigenvalue weighted by molar-refractivity contribution is 5.83. The molecule has 0 fully saturated rings. The quantitative estimate of drug-likeness (QED) is 0.830. The first-order valence-corrected chi connectivity index (χ1v) is 5.02. The lowest BCUT2D eigenvalue weighted by molar-refractivity contribution is 0.318. The topological polar surface area (TPSA) is 44.2 Å². The highest BCUT2D eigenvalue weighted by Crippen LogP contribution is 2.20. The lowest BCUT2D eigenvalue weighted by Gasteiger charge is -2.05. The Hall–Kier alpha value is -1.54. The molecule has 0 radical (unpaired) electrons. The summed E-state index contributed by atoms with van der Waals surface area (Å²) < 4.78 is 5.56. The number of fused-ring (bicyclic) bond motifs is 1. The fraction of sp³-hybridized carbons (Fsp3) is 0.286. The Balaban J connectivity index is 0.00000112. The highest BCUT2D eigenvalue weighted by atomic mass is 16.5. The number of benzene rings is 2. The largest absolute Gasteiger partial charge is 0.494 e. The third-order valence-corrected chi connectivity index (χ3v) is 2.19. The van der Waals surface area contributed by atoms with Gasteiger partial charge in [-0.3, -0.25) is 0 Å². The average Bonchev–Trinajstić information content (AvgIpc) is 2.26. The summed E-state index contributed by atoms with van der Waals surface area (Å²) in [5.41, 5.74) is 0. The predicted octanol–water partition coefficient (Wildman–Crippen LogP) is 4.43. The van der Waals surface area contributed by atoms with Gasteiger partial charge in [0.05, 0.1) is 6.61 Å². The van der Waals surface area contributed by atoms with E-state index in [1.54, 1.807) is 0 Å². The fourth-order valence-corrected chi connectivity index (χ4v) is 1.48. The zero-order valence-corrected chi connectivity index (χ0v) is 9.07. The van der Waals surface area contributed by atoms with Crippen molar-refractivity contribution in [3.8, 4) is 5.75 Å². The van der Waals surface area contributed by atoms with Gasteiger partial charge in [-0.1, -0.05) is 44.7 Å². The Bertz CT molecular complexity index is 426. The van der Waals surface area contributed by atoms with Crippen LogP contribution in [0.15, 0.2) is 42.5 Å². The van der Waals surface area contributed by atoms with E-state index in [1.807, 2.05) is 12.1 Å². The Labute approximate surface area is 97.8 Å². The number of hydrogen-bond donors (Lipinski definition) is 1. The van der Waals surface area contributed by atoms with E-state index in [-0.39, 0.29) is 13.6 Å². The van der Waals surface area contributed by atoms with Crippen LogP contribution < -0.4 is 10.9 Å². The number of rotatable bonds is 3. The van der Waals surface area contributed by atoms with Crippen LogP contribution in [0.2, 0.25) is 0 Å². The minimum atomic E-state index is 0. The molecule has 2 heteroatoms. The molecule has 0 amide bonds. The van der Waals surface area contributed by atoms with Crippen molar-refractivity contribution in [1.29, 1.82) is 0 Å². The second-order valence-electron chi connectivity index (χ2n) is 3.36. The summed E-state index contributed by atoms with van der Waals surface area (Å²) in [6.07, 6.45) is 1.05. The SMILES string of the molecule is C.CCCOc1ccc2ccccc2c1.N. The molecule has 0 saturated carbocycles.